The monoisotopic (exact) mass is 450 g/mol. The van der Waals surface area contributed by atoms with Gasteiger partial charge in [-0.1, -0.05) is 83.8 Å². The third kappa shape index (κ3) is 6.44. The molecule has 0 aliphatic carbocycles. The number of nitrogens with one attached hydrogen (secondary N) is 2. The van der Waals surface area contributed by atoms with E-state index in [1.165, 1.54) is 28.7 Å². The van der Waals surface area contributed by atoms with E-state index in [-0.39, 0.29) is 17.7 Å². The van der Waals surface area contributed by atoms with Crippen molar-refractivity contribution in [3.05, 3.63) is 95.9 Å². The van der Waals surface area contributed by atoms with Gasteiger partial charge in [-0.3, -0.25) is 4.79 Å². The zero-order chi connectivity index (χ0) is 21.3. The molecule has 1 amide bonds. The highest BCUT2D eigenvalue weighted by Gasteiger charge is 2.16. The van der Waals surface area contributed by atoms with Crippen molar-refractivity contribution in [2.24, 2.45) is 0 Å². The van der Waals surface area contributed by atoms with Gasteiger partial charge in [-0.15, -0.1) is 10.2 Å². The van der Waals surface area contributed by atoms with Crippen LogP contribution in [0.3, 0.4) is 0 Å². The topological polar surface area (TPSA) is 80.1 Å². The van der Waals surface area contributed by atoms with Crippen molar-refractivity contribution in [1.82, 2.24) is 15.5 Å². The molecule has 0 bridgehead atoms. The second-order valence-electron chi connectivity index (χ2n) is 6.82. The Bertz CT molecular complexity index is 1070. The molecule has 2 aromatic carbocycles. The fourth-order valence-corrected chi connectivity index (χ4v) is 4.62. The molecular formula is C23H22N4O2S2. The summed E-state index contributed by atoms with van der Waals surface area (Å²) in [6.45, 7) is 0.547. The number of furan rings is 1. The molecule has 0 aliphatic heterocycles. The van der Waals surface area contributed by atoms with Gasteiger partial charge in [0.15, 0.2) is 4.34 Å². The number of benzene rings is 2. The normalized spacial score (nSPS) is 11.7. The van der Waals surface area contributed by atoms with E-state index in [4.69, 9.17) is 4.42 Å². The third-order valence-corrected chi connectivity index (χ3v) is 6.56. The molecule has 8 heteroatoms. The molecule has 1 atom stereocenters. The molecule has 0 spiro atoms. The molecular weight excluding hydrogens is 428 g/mol. The van der Waals surface area contributed by atoms with Gasteiger partial charge in [0, 0.05) is 0 Å². The highest BCUT2D eigenvalue weighted by molar-refractivity contribution is 8.01. The molecule has 0 fully saturated rings. The van der Waals surface area contributed by atoms with Gasteiger partial charge >= 0.3 is 0 Å². The van der Waals surface area contributed by atoms with Crippen LogP contribution in [0.2, 0.25) is 0 Å². The Morgan fingerprint density at radius 1 is 1.00 bits per heavy atom. The second-order valence-corrected chi connectivity index (χ2v) is 9.02. The first-order chi connectivity index (χ1) is 15.3. The van der Waals surface area contributed by atoms with E-state index >= 15 is 0 Å². The van der Waals surface area contributed by atoms with Crippen LogP contribution in [0.1, 0.15) is 22.9 Å². The highest BCUT2D eigenvalue weighted by Crippen LogP contribution is 2.26. The van der Waals surface area contributed by atoms with E-state index < -0.39 is 0 Å². The van der Waals surface area contributed by atoms with Gasteiger partial charge in [-0.05, 0) is 29.7 Å². The van der Waals surface area contributed by atoms with Crippen molar-refractivity contribution in [2.45, 2.75) is 23.3 Å². The van der Waals surface area contributed by atoms with E-state index in [9.17, 15) is 4.79 Å². The smallest absolute Gasteiger partial charge is 0.230 e. The Morgan fingerprint density at radius 2 is 1.77 bits per heavy atom. The van der Waals surface area contributed by atoms with Crippen molar-refractivity contribution in [2.75, 3.05) is 11.1 Å². The van der Waals surface area contributed by atoms with Crippen molar-refractivity contribution in [3.8, 4) is 0 Å². The first-order valence-corrected chi connectivity index (χ1v) is 11.7. The average Bonchev–Trinajstić information content (AvgIpc) is 3.49. The number of amides is 1. The van der Waals surface area contributed by atoms with Crippen LogP contribution in [0.15, 0.2) is 87.8 Å². The average molecular weight is 451 g/mol. The standard InChI is InChI=1S/C23H22N4O2S2/c28-21(16-30-23-27-26-22(31-23)24-15-19-12-7-13-29-19)25-20(18-10-5-2-6-11-18)14-17-8-3-1-4-9-17/h1-13,20H,14-16H2,(H,24,26)(H,25,28)/t20-/m1/s1. The molecule has 0 unspecified atom stereocenters. The molecule has 2 aromatic heterocycles. The van der Waals surface area contributed by atoms with Gasteiger partial charge in [0.05, 0.1) is 24.6 Å². The molecule has 2 heterocycles. The van der Waals surface area contributed by atoms with Gasteiger partial charge in [0.1, 0.15) is 5.76 Å². The van der Waals surface area contributed by atoms with Crippen LogP contribution in [0.5, 0.6) is 0 Å². The molecule has 4 rings (SSSR count). The Balaban J connectivity index is 1.31. The van der Waals surface area contributed by atoms with Gasteiger partial charge in [0.2, 0.25) is 11.0 Å². The summed E-state index contributed by atoms with van der Waals surface area (Å²) >= 11 is 2.81. The molecule has 31 heavy (non-hydrogen) atoms. The summed E-state index contributed by atoms with van der Waals surface area (Å²) in [4.78, 5) is 12.7. The molecule has 158 valence electrons. The number of rotatable bonds is 10. The molecule has 2 N–H and O–H groups in total. The summed E-state index contributed by atoms with van der Waals surface area (Å²) in [6, 6.07) is 23.9. The summed E-state index contributed by atoms with van der Waals surface area (Å²) in [5.41, 5.74) is 2.27. The van der Waals surface area contributed by atoms with Gasteiger partial charge in [-0.25, -0.2) is 0 Å². The fraction of sp³-hybridized carbons (Fsp3) is 0.174. The van der Waals surface area contributed by atoms with Crippen LogP contribution in [-0.2, 0) is 17.8 Å². The number of thioether (sulfide) groups is 1. The lowest BCUT2D eigenvalue weighted by molar-refractivity contribution is -0.119. The maximum Gasteiger partial charge on any atom is 0.230 e. The Morgan fingerprint density at radius 3 is 2.52 bits per heavy atom. The molecule has 0 aliphatic rings. The quantitative estimate of drug-likeness (QED) is 0.333. The Hall–Kier alpha value is -3.10. The van der Waals surface area contributed by atoms with Crippen molar-refractivity contribution in [1.29, 1.82) is 0 Å². The van der Waals surface area contributed by atoms with Crippen LogP contribution in [0.25, 0.3) is 0 Å². The number of carbonyl (C=O) groups excluding carboxylic acids is 1. The zero-order valence-electron chi connectivity index (χ0n) is 16.7. The second kappa shape index (κ2) is 10.8. The minimum absolute atomic E-state index is 0.0323. The number of carbonyl (C=O) groups is 1. The van der Waals surface area contributed by atoms with Crippen LogP contribution < -0.4 is 10.6 Å². The summed E-state index contributed by atoms with van der Waals surface area (Å²) in [5, 5.41) is 15.3. The zero-order valence-corrected chi connectivity index (χ0v) is 18.4. The maximum atomic E-state index is 12.7. The molecule has 0 saturated carbocycles. The number of hydrogen-bond acceptors (Lipinski definition) is 7. The minimum Gasteiger partial charge on any atom is -0.467 e. The van der Waals surface area contributed by atoms with Crippen molar-refractivity contribution >= 4 is 34.1 Å². The summed E-state index contributed by atoms with van der Waals surface area (Å²) in [5.74, 6) is 1.08. The van der Waals surface area contributed by atoms with Crippen molar-refractivity contribution < 1.29 is 9.21 Å². The largest absolute Gasteiger partial charge is 0.467 e. The summed E-state index contributed by atoms with van der Waals surface area (Å²) < 4.78 is 6.04. The van der Waals surface area contributed by atoms with E-state index in [2.05, 4.69) is 33.0 Å². The molecule has 0 radical (unpaired) electrons. The Labute approximate surface area is 189 Å². The lowest BCUT2D eigenvalue weighted by atomic mass is 9.99. The van der Waals surface area contributed by atoms with Crippen LogP contribution in [0.4, 0.5) is 5.13 Å². The highest BCUT2D eigenvalue weighted by atomic mass is 32.2. The van der Waals surface area contributed by atoms with Crippen LogP contribution in [-0.4, -0.2) is 21.9 Å². The van der Waals surface area contributed by atoms with Gasteiger partial charge in [0.25, 0.3) is 0 Å². The SMILES string of the molecule is O=C(CSc1nnc(NCc2ccco2)s1)N[C@H](Cc1ccccc1)c1ccccc1. The van der Waals surface area contributed by atoms with Crippen molar-refractivity contribution in [3.63, 3.8) is 0 Å². The first kappa shape index (κ1) is 21.1. The van der Waals surface area contributed by atoms with Crippen LogP contribution in [0, 0.1) is 0 Å². The van der Waals surface area contributed by atoms with E-state index in [1.807, 2.05) is 60.7 Å². The van der Waals surface area contributed by atoms with E-state index in [0.29, 0.717) is 11.7 Å². The lowest BCUT2D eigenvalue weighted by Gasteiger charge is -2.19. The molecule has 6 nitrogen and oxygen atoms in total. The van der Waals surface area contributed by atoms with Crippen LogP contribution >= 0.6 is 23.1 Å². The predicted octanol–water partition coefficient (Wildman–Crippen LogP) is 4.94. The maximum absolute atomic E-state index is 12.7. The molecule has 4 aromatic rings. The number of anilines is 1. The van der Waals surface area contributed by atoms with Gasteiger partial charge in [-0.2, -0.15) is 0 Å². The Kier molecular flexibility index (Phi) is 7.36. The molecule has 0 saturated heterocycles. The third-order valence-electron chi connectivity index (χ3n) is 4.55. The summed E-state index contributed by atoms with van der Waals surface area (Å²) in [7, 11) is 0. The number of aromatic nitrogens is 2. The number of hydrogen-bond donors (Lipinski definition) is 2. The van der Waals surface area contributed by atoms with Gasteiger partial charge < -0.3 is 15.1 Å². The fourth-order valence-electron chi connectivity index (χ4n) is 3.07. The minimum atomic E-state index is -0.0864. The van der Waals surface area contributed by atoms with E-state index in [1.54, 1.807) is 6.26 Å². The lowest BCUT2D eigenvalue weighted by Crippen LogP contribution is -2.31. The number of nitrogens with zero attached hydrogens (tertiary/aromatic N) is 2. The first-order valence-electron chi connectivity index (χ1n) is 9.87. The summed E-state index contributed by atoms with van der Waals surface area (Å²) in [6.07, 6.45) is 2.37. The van der Waals surface area contributed by atoms with E-state index in [0.717, 1.165) is 22.1 Å². The predicted molar refractivity (Wildman–Crippen MR) is 124 cm³/mol.